The molecule has 6 nitrogen and oxygen atoms in total. The van der Waals surface area contributed by atoms with Gasteiger partial charge in [0, 0.05) is 25.6 Å². The summed E-state index contributed by atoms with van der Waals surface area (Å²) in [6.07, 6.45) is 1.67. The number of amides is 2. The van der Waals surface area contributed by atoms with E-state index < -0.39 is 0 Å². The molecule has 0 aliphatic carbocycles. The SMILES string of the molecule is Cc1ccccc1CNC(=O)CN1CCC(C(=O)N2CCOCC2)CC1. The maximum atomic E-state index is 12.5. The zero-order valence-corrected chi connectivity index (χ0v) is 15.6. The van der Waals surface area contributed by atoms with Crippen molar-refractivity contribution in [1.82, 2.24) is 15.1 Å². The molecule has 2 aliphatic rings. The number of piperidine rings is 1. The molecule has 3 rings (SSSR count). The molecular formula is C20H29N3O3. The van der Waals surface area contributed by atoms with Gasteiger partial charge in [-0.3, -0.25) is 14.5 Å². The second-order valence-corrected chi connectivity index (χ2v) is 7.19. The lowest BCUT2D eigenvalue weighted by Crippen LogP contribution is -2.48. The third-order valence-electron chi connectivity index (χ3n) is 5.36. The number of benzene rings is 1. The molecule has 2 amide bonds. The van der Waals surface area contributed by atoms with Crippen molar-refractivity contribution >= 4 is 11.8 Å². The van der Waals surface area contributed by atoms with Gasteiger partial charge in [-0.15, -0.1) is 0 Å². The molecule has 1 N–H and O–H groups in total. The molecule has 1 aromatic rings. The predicted molar refractivity (Wildman–Crippen MR) is 99.6 cm³/mol. The van der Waals surface area contributed by atoms with Crippen LogP contribution in [0, 0.1) is 12.8 Å². The third kappa shape index (κ3) is 5.05. The number of nitrogens with one attached hydrogen (secondary N) is 1. The lowest BCUT2D eigenvalue weighted by atomic mass is 9.95. The first kappa shape index (κ1) is 18.9. The maximum Gasteiger partial charge on any atom is 0.234 e. The number of carbonyl (C=O) groups is 2. The van der Waals surface area contributed by atoms with Crippen molar-refractivity contribution in [2.45, 2.75) is 26.3 Å². The normalized spacial score (nSPS) is 19.3. The van der Waals surface area contributed by atoms with Gasteiger partial charge in [0.05, 0.1) is 19.8 Å². The van der Waals surface area contributed by atoms with Crippen molar-refractivity contribution in [2.24, 2.45) is 5.92 Å². The fourth-order valence-corrected chi connectivity index (χ4v) is 3.64. The Labute approximate surface area is 155 Å². The molecule has 0 spiro atoms. The van der Waals surface area contributed by atoms with Crippen molar-refractivity contribution in [3.8, 4) is 0 Å². The summed E-state index contributed by atoms with van der Waals surface area (Å²) >= 11 is 0. The number of carbonyl (C=O) groups excluding carboxylic acids is 2. The number of morpholine rings is 1. The van der Waals surface area contributed by atoms with Gasteiger partial charge in [0.15, 0.2) is 0 Å². The minimum Gasteiger partial charge on any atom is -0.378 e. The first-order valence-electron chi connectivity index (χ1n) is 9.53. The first-order valence-corrected chi connectivity index (χ1v) is 9.53. The average molecular weight is 359 g/mol. The molecular weight excluding hydrogens is 330 g/mol. The Balaban J connectivity index is 1.38. The number of aryl methyl sites for hydroxylation is 1. The second-order valence-electron chi connectivity index (χ2n) is 7.19. The van der Waals surface area contributed by atoms with E-state index in [1.807, 2.05) is 23.1 Å². The molecule has 1 aromatic carbocycles. The summed E-state index contributed by atoms with van der Waals surface area (Å²) in [5.74, 6) is 0.405. The van der Waals surface area contributed by atoms with Gasteiger partial charge in [-0.1, -0.05) is 24.3 Å². The lowest BCUT2D eigenvalue weighted by Gasteiger charge is -2.35. The summed E-state index contributed by atoms with van der Waals surface area (Å²) in [7, 11) is 0. The van der Waals surface area contributed by atoms with E-state index in [-0.39, 0.29) is 17.7 Å². The highest BCUT2D eigenvalue weighted by molar-refractivity contribution is 5.79. The quantitative estimate of drug-likeness (QED) is 0.858. The monoisotopic (exact) mass is 359 g/mol. The van der Waals surface area contributed by atoms with Crippen LogP contribution in [0.4, 0.5) is 0 Å². The van der Waals surface area contributed by atoms with E-state index in [4.69, 9.17) is 4.74 Å². The van der Waals surface area contributed by atoms with Crippen molar-refractivity contribution in [2.75, 3.05) is 45.9 Å². The van der Waals surface area contributed by atoms with Gasteiger partial charge < -0.3 is 15.0 Å². The number of rotatable bonds is 5. The molecule has 0 aromatic heterocycles. The Kier molecular flexibility index (Phi) is 6.63. The fourth-order valence-electron chi connectivity index (χ4n) is 3.64. The van der Waals surface area contributed by atoms with Crippen molar-refractivity contribution in [1.29, 1.82) is 0 Å². The summed E-state index contributed by atoms with van der Waals surface area (Å²) < 4.78 is 5.31. The van der Waals surface area contributed by atoms with Crippen LogP contribution in [0.25, 0.3) is 0 Å². The van der Waals surface area contributed by atoms with Gasteiger partial charge in [0.2, 0.25) is 11.8 Å². The summed E-state index contributed by atoms with van der Waals surface area (Å²) in [5, 5.41) is 3.00. The fraction of sp³-hybridized carbons (Fsp3) is 0.600. The highest BCUT2D eigenvalue weighted by Gasteiger charge is 2.29. The van der Waals surface area contributed by atoms with Crippen LogP contribution < -0.4 is 5.32 Å². The minimum atomic E-state index is 0.0474. The molecule has 0 bridgehead atoms. The Hall–Kier alpha value is -1.92. The van der Waals surface area contributed by atoms with Crippen molar-refractivity contribution in [3.63, 3.8) is 0 Å². The van der Waals surface area contributed by atoms with Crippen LogP contribution in [0.1, 0.15) is 24.0 Å². The van der Waals surface area contributed by atoms with Crippen LogP contribution in [-0.4, -0.2) is 67.6 Å². The summed E-state index contributed by atoms with van der Waals surface area (Å²) in [4.78, 5) is 28.8. The molecule has 0 saturated carbocycles. The van der Waals surface area contributed by atoms with Gasteiger partial charge >= 0.3 is 0 Å². The van der Waals surface area contributed by atoms with E-state index in [0.717, 1.165) is 31.5 Å². The Morgan fingerprint density at radius 1 is 1.12 bits per heavy atom. The molecule has 0 radical (unpaired) electrons. The first-order chi connectivity index (χ1) is 12.6. The van der Waals surface area contributed by atoms with Gasteiger partial charge in [0.1, 0.15) is 0 Å². The predicted octanol–water partition coefficient (Wildman–Crippen LogP) is 1.18. The topological polar surface area (TPSA) is 61.9 Å². The number of nitrogens with zero attached hydrogens (tertiary/aromatic N) is 2. The smallest absolute Gasteiger partial charge is 0.234 e. The number of likely N-dealkylation sites (tertiary alicyclic amines) is 1. The van der Waals surface area contributed by atoms with E-state index in [9.17, 15) is 9.59 Å². The van der Waals surface area contributed by atoms with Crippen molar-refractivity contribution < 1.29 is 14.3 Å². The molecule has 0 atom stereocenters. The summed E-state index contributed by atoms with van der Waals surface area (Å²) in [6.45, 7) is 7.34. The molecule has 142 valence electrons. The van der Waals surface area contributed by atoms with Crippen LogP contribution in [0.2, 0.25) is 0 Å². The number of ether oxygens (including phenoxy) is 1. The van der Waals surface area contributed by atoms with Gasteiger partial charge in [-0.2, -0.15) is 0 Å². The standard InChI is InChI=1S/C20H29N3O3/c1-16-4-2-3-5-18(16)14-21-19(24)15-22-8-6-17(7-9-22)20(25)23-10-12-26-13-11-23/h2-5,17H,6-15H2,1H3,(H,21,24). The average Bonchev–Trinajstić information content (AvgIpc) is 2.68. The van der Waals surface area contributed by atoms with Crippen molar-refractivity contribution in [3.05, 3.63) is 35.4 Å². The second kappa shape index (κ2) is 9.14. The zero-order valence-electron chi connectivity index (χ0n) is 15.6. The highest BCUT2D eigenvalue weighted by Crippen LogP contribution is 2.20. The number of hydrogen-bond donors (Lipinski definition) is 1. The maximum absolute atomic E-state index is 12.5. The van der Waals surface area contributed by atoms with Crippen LogP contribution in [0.5, 0.6) is 0 Å². The number of hydrogen-bond acceptors (Lipinski definition) is 4. The minimum absolute atomic E-state index is 0.0474. The van der Waals surface area contributed by atoms with E-state index in [1.165, 1.54) is 5.56 Å². The molecule has 2 heterocycles. The van der Waals surface area contributed by atoms with Crippen LogP contribution in [0.3, 0.4) is 0 Å². The third-order valence-corrected chi connectivity index (χ3v) is 5.36. The molecule has 6 heteroatoms. The van der Waals surface area contributed by atoms with E-state index >= 15 is 0 Å². The summed E-state index contributed by atoms with van der Waals surface area (Å²) in [5.41, 5.74) is 2.34. The molecule has 26 heavy (non-hydrogen) atoms. The van der Waals surface area contributed by atoms with Crippen LogP contribution in [-0.2, 0) is 20.9 Å². The van der Waals surface area contributed by atoms with Gasteiger partial charge in [0.25, 0.3) is 0 Å². The Bertz CT molecular complexity index is 620. The van der Waals surface area contributed by atoms with E-state index in [0.29, 0.717) is 39.4 Å². The highest BCUT2D eigenvalue weighted by atomic mass is 16.5. The Morgan fingerprint density at radius 2 is 1.81 bits per heavy atom. The van der Waals surface area contributed by atoms with Crippen LogP contribution >= 0.6 is 0 Å². The van der Waals surface area contributed by atoms with Gasteiger partial charge in [-0.25, -0.2) is 0 Å². The Morgan fingerprint density at radius 3 is 2.50 bits per heavy atom. The molecule has 2 aliphatic heterocycles. The lowest BCUT2D eigenvalue weighted by molar-refractivity contribution is -0.141. The molecule has 2 fully saturated rings. The largest absolute Gasteiger partial charge is 0.378 e. The molecule has 2 saturated heterocycles. The zero-order chi connectivity index (χ0) is 18.4. The summed E-state index contributed by atoms with van der Waals surface area (Å²) in [6, 6.07) is 8.09. The van der Waals surface area contributed by atoms with Gasteiger partial charge in [-0.05, 0) is 44.0 Å². The van der Waals surface area contributed by atoms with E-state index in [1.54, 1.807) is 0 Å². The van der Waals surface area contributed by atoms with Crippen LogP contribution in [0.15, 0.2) is 24.3 Å². The molecule has 0 unspecified atom stereocenters. The van der Waals surface area contributed by atoms with E-state index in [2.05, 4.69) is 23.2 Å².